The summed E-state index contributed by atoms with van der Waals surface area (Å²) in [6.07, 6.45) is 4.52. The number of aromatic nitrogens is 4. The predicted molar refractivity (Wildman–Crippen MR) is 106 cm³/mol. The van der Waals surface area contributed by atoms with Crippen LogP contribution in [0.3, 0.4) is 0 Å². The first-order valence-electron chi connectivity index (χ1n) is 9.87. The van der Waals surface area contributed by atoms with Crippen LogP contribution in [0.1, 0.15) is 37.2 Å². The van der Waals surface area contributed by atoms with Gasteiger partial charge in [-0.25, -0.2) is 28.1 Å². The third-order valence-corrected chi connectivity index (χ3v) is 5.29. The summed E-state index contributed by atoms with van der Waals surface area (Å²) < 4.78 is 50.4. The van der Waals surface area contributed by atoms with Gasteiger partial charge < -0.3 is 14.6 Å². The van der Waals surface area contributed by atoms with Gasteiger partial charge in [-0.05, 0) is 37.8 Å². The number of nitrogens with zero attached hydrogens (tertiary/aromatic N) is 4. The average Bonchev–Trinajstić information content (AvgIpc) is 3.13. The molecule has 3 heterocycles. The number of ether oxygens (including phenoxy) is 1. The number of aryl methyl sites for hydroxylation is 2. The lowest BCUT2D eigenvalue weighted by Crippen LogP contribution is -2.21. The zero-order chi connectivity index (χ0) is 21.3. The number of benzene rings is 1. The molecule has 30 heavy (non-hydrogen) atoms. The second-order valence-electron chi connectivity index (χ2n) is 7.20. The summed E-state index contributed by atoms with van der Waals surface area (Å²) in [5, 5.41) is 2.65. The largest absolute Gasteiger partial charge is 0.381 e. The Labute approximate surface area is 172 Å². The van der Waals surface area contributed by atoms with Crippen LogP contribution in [0.25, 0.3) is 11.4 Å². The standard InChI is InChI=1S/C21H22F3N5O/c1-3-13-8-16(23)18(9-15(13)22)27-21-26-10-17(24)20(28-21)19-11-25-12(2)29(19)14-4-6-30-7-5-14/h8-11,14H,3-7H2,1-2H3,(H,26,27,28). The number of halogens is 3. The molecular weight excluding hydrogens is 395 g/mol. The Morgan fingerprint density at radius 1 is 1.07 bits per heavy atom. The van der Waals surface area contributed by atoms with E-state index >= 15 is 0 Å². The Hall–Kier alpha value is -2.94. The summed E-state index contributed by atoms with van der Waals surface area (Å²) >= 11 is 0. The maximum Gasteiger partial charge on any atom is 0.228 e. The zero-order valence-electron chi connectivity index (χ0n) is 16.8. The monoisotopic (exact) mass is 417 g/mol. The highest BCUT2D eigenvalue weighted by atomic mass is 19.1. The topological polar surface area (TPSA) is 64.9 Å². The highest BCUT2D eigenvalue weighted by Crippen LogP contribution is 2.31. The van der Waals surface area contributed by atoms with E-state index in [1.807, 2.05) is 11.5 Å². The van der Waals surface area contributed by atoms with Crippen LogP contribution in [0.2, 0.25) is 0 Å². The Morgan fingerprint density at radius 2 is 1.83 bits per heavy atom. The van der Waals surface area contributed by atoms with E-state index in [9.17, 15) is 13.2 Å². The first-order chi connectivity index (χ1) is 14.5. The fourth-order valence-electron chi connectivity index (χ4n) is 3.71. The van der Waals surface area contributed by atoms with Gasteiger partial charge in [0, 0.05) is 25.3 Å². The maximum atomic E-state index is 14.6. The van der Waals surface area contributed by atoms with Gasteiger partial charge >= 0.3 is 0 Å². The highest BCUT2D eigenvalue weighted by molar-refractivity contribution is 5.60. The SMILES string of the molecule is CCc1cc(F)c(Nc2ncc(F)c(-c3cnc(C)n3C3CCOCC3)n2)cc1F. The molecule has 9 heteroatoms. The van der Waals surface area contributed by atoms with Crippen molar-refractivity contribution in [3.05, 3.63) is 53.4 Å². The van der Waals surface area contributed by atoms with Gasteiger partial charge in [-0.15, -0.1) is 0 Å². The van der Waals surface area contributed by atoms with Gasteiger partial charge in [-0.1, -0.05) is 6.92 Å². The van der Waals surface area contributed by atoms with Crippen LogP contribution in [0.15, 0.2) is 24.5 Å². The molecule has 0 bridgehead atoms. The molecule has 0 spiro atoms. The van der Waals surface area contributed by atoms with Crippen molar-refractivity contribution >= 4 is 11.6 Å². The Kier molecular flexibility index (Phi) is 5.72. The Bertz CT molecular complexity index is 1060. The molecule has 158 valence electrons. The normalized spacial score (nSPS) is 14.8. The van der Waals surface area contributed by atoms with Gasteiger partial charge in [0.25, 0.3) is 0 Å². The Morgan fingerprint density at radius 3 is 2.57 bits per heavy atom. The van der Waals surface area contributed by atoms with Crippen LogP contribution in [-0.2, 0) is 11.2 Å². The molecular formula is C21H22F3N5O. The summed E-state index contributed by atoms with van der Waals surface area (Å²) in [4.78, 5) is 12.5. The van der Waals surface area contributed by atoms with E-state index in [1.165, 1.54) is 0 Å². The molecule has 1 N–H and O–H groups in total. The number of hydrogen-bond acceptors (Lipinski definition) is 5. The lowest BCUT2D eigenvalue weighted by molar-refractivity contribution is 0.0694. The van der Waals surface area contributed by atoms with E-state index in [0.717, 1.165) is 37.0 Å². The third kappa shape index (κ3) is 3.89. The fourth-order valence-corrected chi connectivity index (χ4v) is 3.71. The molecule has 0 saturated carbocycles. The number of rotatable bonds is 5. The van der Waals surface area contributed by atoms with Crippen LogP contribution >= 0.6 is 0 Å². The van der Waals surface area contributed by atoms with Crippen LogP contribution < -0.4 is 5.32 Å². The minimum atomic E-state index is -0.634. The molecule has 0 atom stereocenters. The molecule has 3 aromatic rings. The quantitative estimate of drug-likeness (QED) is 0.651. The first kappa shape index (κ1) is 20.3. The van der Waals surface area contributed by atoms with E-state index in [1.54, 1.807) is 13.1 Å². The lowest BCUT2D eigenvalue weighted by atomic mass is 10.1. The van der Waals surface area contributed by atoms with Gasteiger partial charge in [-0.3, -0.25) is 0 Å². The van der Waals surface area contributed by atoms with Crippen LogP contribution in [0.4, 0.5) is 24.8 Å². The van der Waals surface area contributed by atoms with E-state index in [4.69, 9.17) is 4.74 Å². The van der Waals surface area contributed by atoms with Gasteiger partial charge in [0.2, 0.25) is 5.95 Å². The van der Waals surface area contributed by atoms with Gasteiger partial charge in [0.15, 0.2) is 5.82 Å². The minimum Gasteiger partial charge on any atom is -0.381 e. The van der Waals surface area contributed by atoms with E-state index in [2.05, 4.69) is 20.3 Å². The summed E-state index contributed by atoms with van der Waals surface area (Å²) in [6.45, 7) is 4.84. The minimum absolute atomic E-state index is 0.0358. The fraction of sp³-hybridized carbons (Fsp3) is 0.381. The number of imidazole rings is 1. The number of hydrogen-bond donors (Lipinski definition) is 1. The van der Waals surface area contributed by atoms with Crippen molar-refractivity contribution in [2.75, 3.05) is 18.5 Å². The summed E-state index contributed by atoms with van der Waals surface area (Å²) in [7, 11) is 0. The molecule has 6 nitrogen and oxygen atoms in total. The molecule has 1 aliphatic heterocycles. The molecule has 0 amide bonds. The molecule has 4 rings (SSSR count). The van der Waals surface area contributed by atoms with Crippen LogP contribution in [0.5, 0.6) is 0 Å². The molecule has 0 unspecified atom stereocenters. The van der Waals surface area contributed by atoms with Crippen molar-refractivity contribution in [1.29, 1.82) is 0 Å². The second kappa shape index (κ2) is 8.43. The summed E-state index contributed by atoms with van der Waals surface area (Å²) in [6, 6.07) is 2.30. The first-order valence-corrected chi connectivity index (χ1v) is 9.87. The predicted octanol–water partition coefficient (Wildman–Crippen LogP) is 4.72. The third-order valence-electron chi connectivity index (χ3n) is 5.29. The molecule has 0 aliphatic carbocycles. The molecule has 1 aromatic carbocycles. The van der Waals surface area contributed by atoms with Crippen LogP contribution in [0, 0.1) is 24.4 Å². The summed E-state index contributed by atoms with van der Waals surface area (Å²) in [5.41, 5.74) is 0.715. The zero-order valence-corrected chi connectivity index (χ0v) is 16.8. The van der Waals surface area contributed by atoms with Crippen molar-refractivity contribution in [3.63, 3.8) is 0 Å². The van der Waals surface area contributed by atoms with Crippen molar-refractivity contribution in [2.45, 2.75) is 39.2 Å². The van der Waals surface area contributed by atoms with Gasteiger partial charge in [-0.2, -0.15) is 0 Å². The Balaban J connectivity index is 1.70. The molecule has 1 saturated heterocycles. The number of nitrogens with one attached hydrogen (secondary N) is 1. The molecule has 1 fully saturated rings. The maximum absolute atomic E-state index is 14.6. The highest BCUT2D eigenvalue weighted by Gasteiger charge is 2.24. The van der Waals surface area contributed by atoms with Crippen molar-refractivity contribution in [3.8, 4) is 11.4 Å². The molecule has 2 aromatic heterocycles. The second-order valence-corrected chi connectivity index (χ2v) is 7.20. The molecule has 0 radical (unpaired) electrons. The van der Waals surface area contributed by atoms with Gasteiger partial charge in [0.1, 0.15) is 23.2 Å². The van der Waals surface area contributed by atoms with Crippen molar-refractivity contribution < 1.29 is 17.9 Å². The number of anilines is 2. The lowest BCUT2D eigenvalue weighted by Gasteiger charge is -2.26. The smallest absolute Gasteiger partial charge is 0.228 e. The van der Waals surface area contributed by atoms with Crippen molar-refractivity contribution in [2.24, 2.45) is 0 Å². The summed E-state index contributed by atoms with van der Waals surface area (Å²) in [5.74, 6) is -1.08. The molecule has 1 aliphatic rings. The average molecular weight is 417 g/mol. The van der Waals surface area contributed by atoms with E-state index in [-0.39, 0.29) is 28.9 Å². The van der Waals surface area contributed by atoms with Gasteiger partial charge in [0.05, 0.1) is 23.8 Å². The van der Waals surface area contributed by atoms with Crippen LogP contribution in [-0.4, -0.2) is 32.7 Å². The van der Waals surface area contributed by atoms with E-state index < -0.39 is 17.5 Å². The van der Waals surface area contributed by atoms with E-state index in [0.29, 0.717) is 25.3 Å². The van der Waals surface area contributed by atoms with Crippen molar-refractivity contribution in [1.82, 2.24) is 19.5 Å².